The van der Waals surface area contributed by atoms with Crippen molar-refractivity contribution in [3.63, 3.8) is 0 Å². The molecule has 0 aromatic heterocycles. The van der Waals surface area contributed by atoms with Gasteiger partial charge in [-0.15, -0.1) is 0 Å². The zero-order valence-corrected chi connectivity index (χ0v) is 10.5. The van der Waals surface area contributed by atoms with Crippen LogP contribution in [0, 0.1) is 11.8 Å². The van der Waals surface area contributed by atoms with Crippen molar-refractivity contribution in [1.82, 2.24) is 0 Å². The molecular formula is C13H26O2. The minimum absolute atomic E-state index is 0.361. The molecule has 0 spiro atoms. The third-order valence-corrected chi connectivity index (χ3v) is 3.25. The van der Waals surface area contributed by atoms with Crippen LogP contribution in [0.1, 0.15) is 46.5 Å². The molecule has 0 amide bonds. The summed E-state index contributed by atoms with van der Waals surface area (Å²) in [5, 5.41) is 0. The van der Waals surface area contributed by atoms with Crippen molar-refractivity contribution >= 4 is 0 Å². The number of hydrogen-bond donors (Lipinski definition) is 0. The van der Waals surface area contributed by atoms with E-state index in [9.17, 15) is 0 Å². The first kappa shape index (κ1) is 13.0. The third kappa shape index (κ3) is 4.98. The number of ether oxygens (including phenoxy) is 2. The second-order valence-electron chi connectivity index (χ2n) is 4.85. The standard InChI is InChI=1S/C13H26O2/c1-4-14-9-12-7-5-6-8-13(12)10-15-11(2)3/h11-13H,4-10H2,1-3H3/t12-,13+/m0/s1. The fourth-order valence-corrected chi connectivity index (χ4v) is 2.31. The quantitative estimate of drug-likeness (QED) is 0.675. The van der Waals surface area contributed by atoms with E-state index >= 15 is 0 Å². The van der Waals surface area contributed by atoms with Crippen LogP contribution in [0.15, 0.2) is 0 Å². The average Bonchev–Trinajstić information content (AvgIpc) is 2.24. The molecule has 1 saturated carbocycles. The first-order valence-corrected chi connectivity index (χ1v) is 6.43. The van der Waals surface area contributed by atoms with Crippen LogP contribution >= 0.6 is 0 Å². The van der Waals surface area contributed by atoms with Gasteiger partial charge in [0.15, 0.2) is 0 Å². The molecule has 1 rings (SSSR count). The zero-order valence-electron chi connectivity index (χ0n) is 10.5. The average molecular weight is 214 g/mol. The summed E-state index contributed by atoms with van der Waals surface area (Å²) in [5.41, 5.74) is 0. The first-order valence-electron chi connectivity index (χ1n) is 6.43. The van der Waals surface area contributed by atoms with Crippen LogP contribution in [-0.4, -0.2) is 25.9 Å². The lowest BCUT2D eigenvalue weighted by molar-refractivity contribution is -0.00366. The fourth-order valence-electron chi connectivity index (χ4n) is 2.31. The maximum Gasteiger partial charge on any atom is 0.0519 e. The van der Waals surface area contributed by atoms with Gasteiger partial charge < -0.3 is 9.47 Å². The van der Waals surface area contributed by atoms with Gasteiger partial charge in [-0.2, -0.15) is 0 Å². The minimum Gasteiger partial charge on any atom is -0.381 e. The van der Waals surface area contributed by atoms with Gasteiger partial charge in [0.05, 0.1) is 12.7 Å². The first-order chi connectivity index (χ1) is 7.24. The predicted molar refractivity (Wildman–Crippen MR) is 63.0 cm³/mol. The van der Waals surface area contributed by atoms with E-state index in [2.05, 4.69) is 20.8 Å². The van der Waals surface area contributed by atoms with Crippen molar-refractivity contribution in [2.75, 3.05) is 19.8 Å². The molecule has 1 aliphatic carbocycles. The Hall–Kier alpha value is -0.0800. The van der Waals surface area contributed by atoms with Crippen molar-refractivity contribution in [2.45, 2.75) is 52.6 Å². The Morgan fingerprint density at radius 2 is 1.67 bits per heavy atom. The van der Waals surface area contributed by atoms with Gasteiger partial charge in [-0.25, -0.2) is 0 Å². The van der Waals surface area contributed by atoms with Gasteiger partial charge in [0, 0.05) is 13.2 Å². The molecule has 0 radical (unpaired) electrons. The summed E-state index contributed by atoms with van der Waals surface area (Å²) >= 11 is 0. The van der Waals surface area contributed by atoms with Gasteiger partial charge in [0.1, 0.15) is 0 Å². The monoisotopic (exact) mass is 214 g/mol. The molecule has 0 N–H and O–H groups in total. The van der Waals surface area contributed by atoms with Gasteiger partial charge >= 0.3 is 0 Å². The molecule has 0 aliphatic heterocycles. The molecule has 2 atom stereocenters. The van der Waals surface area contributed by atoms with E-state index in [1.165, 1.54) is 25.7 Å². The van der Waals surface area contributed by atoms with Crippen LogP contribution in [0.5, 0.6) is 0 Å². The SMILES string of the molecule is CCOC[C@@H]1CCCC[C@@H]1COC(C)C. The van der Waals surface area contributed by atoms with E-state index in [1.54, 1.807) is 0 Å². The molecule has 2 heteroatoms. The number of hydrogen-bond acceptors (Lipinski definition) is 2. The van der Waals surface area contributed by atoms with Crippen molar-refractivity contribution in [3.05, 3.63) is 0 Å². The van der Waals surface area contributed by atoms with Crippen molar-refractivity contribution in [3.8, 4) is 0 Å². The van der Waals surface area contributed by atoms with E-state index in [0.29, 0.717) is 6.10 Å². The third-order valence-electron chi connectivity index (χ3n) is 3.25. The maximum atomic E-state index is 5.74. The summed E-state index contributed by atoms with van der Waals surface area (Å²) in [7, 11) is 0. The fraction of sp³-hybridized carbons (Fsp3) is 1.00. The molecule has 90 valence electrons. The van der Waals surface area contributed by atoms with Crippen molar-refractivity contribution < 1.29 is 9.47 Å². The van der Waals surface area contributed by atoms with Gasteiger partial charge in [-0.05, 0) is 45.4 Å². The van der Waals surface area contributed by atoms with Crippen LogP contribution < -0.4 is 0 Å². The molecule has 2 nitrogen and oxygen atoms in total. The van der Waals surface area contributed by atoms with E-state index < -0.39 is 0 Å². The topological polar surface area (TPSA) is 18.5 Å². The lowest BCUT2D eigenvalue weighted by Gasteiger charge is -2.31. The van der Waals surface area contributed by atoms with Gasteiger partial charge in [-0.3, -0.25) is 0 Å². The molecule has 1 fully saturated rings. The van der Waals surface area contributed by atoms with E-state index in [4.69, 9.17) is 9.47 Å². The summed E-state index contributed by atoms with van der Waals surface area (Å²) in [4.78, 5) is 0. The summed E-state index contributed by atoms with van der Waals surface area (Å²) in [6, 6.07) is 0. The van der Waals surface area contributed by atoms with Gasteiger partial charge in [0.25, 0.3) is 0 Å². The molecule has 15 heavy (non-hydrogen) atoms. The van der Waals surface area contributed by atoms with E-state index in [-0.39, 0.29) is 0 Å². The van der Waals surface area contributed by atoms with Crippen LogP contribution in [0.4, 0.5) is 0 Å². The Balaban J connectivity index is 2.29. The van der Waals surface area contributed by atoms with Crippen molar-refractivity contribution in [2.24, 2.45) is 11.8 Å². The summed E-state index contributed by atoms with van der Waals surface area (Å²) < 4.78 is 11.3. The van der Waals surface area contributed by atoms with Gasteiger partial charge in [-0.1, -0.05) is 12.8 Å². The summed E-state index contributed by atoms with van der Waals surface area (Å²) in [6.45, 7) is 9.00. The zero-order chi connectivity index (χ0) is 11.1. The lowest BCUT2D eigenvalue weighted by atomic mass is 9.80. The molecule has 0 unspecified atom stereocenters. The van der Waals surface area contributed by atoms with Crippen LogP contribution in [0.2, 0.25) is 0 Å². The second-order valence-corrected chi connectivity index (χ2v) is 4.85. The normalized spacial score (nSPS) is 27.2. The smallest absolute Gasteiger partial charge is 0.0519 e. The second kappa shape index (κ2) is 7.24. The maximum absolute atomic E-state index is 5.74. The molecule has 1 aliphatic rings. The molecule has 0 saturated heterocycles. The van der Waals surface area contributed by atoms with Crippen molar-refractivity contribution in [1.29, 1.82) is 0 Å². The largest absolute Gasteiger partial charge is 0.381 e. The highest BCUT2D eigenvalue weighted by Crippen LogP contribution is 2.30. The Morgan fingerprint density at radius 3 is 2.20 bits per heavy atom. The summed E-state index contributed by atoms with van der Waals surface area (Å²) in [5.74, 6) is 1.46. The van der Waals surface area contributed by atoms with E-state index in [0.717, 1.165) is 31.7 Å². The molecule has 0 aromatic rings. The molecule has 0 heterocycles. The number of rotatable bonds is 6. The molecule has 0 aromatic carbocycles. The molecular weight excluding hydrogens is 188 g/mol. The highest BCUT2D eigenvalue weighted by Gasteiger charge is 2.25. The Morgan fingerprint density at radius 1 is 1.07 bits per heavy atom. The Labute approximate surface area is 94.3 Å². The van der Waals surface area contributed by atoms with Crippen LogP contribution in [0.3, 0.4) is 0 Å². The highest BCUT2D eigenvalue weighted by molar-refractivity contribution is 4.75. The Bertz CT molecular complexity index is 157. The van der Waals surface area contributed by atoms with Crippen LogP contribution in [0.25, 0.3) is 0 Å². The summed E-state index contributed by atoms with van der Waals surface area (Å²) in [6.07, 6.45) is 5.75. The Kier molecular flexibility index (Phi) is 6.26. The lowest BCUT2D eigenvalue weighted by Crippen LogP contribution is -2.28. The minimum atomic E-state index is 0.361. The van der Waals surface area contributed by atoms with Gasteiger partial charge in [0.2, 0.25) is 0 Å². The van der Waals surface area contributed by atoms with E-state index in [1.807, 2.05) is 0 Å². The predicted octanol–water partition coefficient (Wildman–Crippen LogP) is 3.25. The molecule has 0 bridgehead atoms. The highest BCUT2D eigenvalue weighted by atomic mass is 16.5. The van der Waals surface area contributed by atoms with Crippen LogP contribution in [-0.2, 0) is 9.47 Å².